The summed E-state index contributed by atoms with van der Waals surface area (Å²) in [4.78, 5) is 27.0. The third-order valence-electron chi connectivity index (χ3n) is 7.82. The minimum atomic E-state index is -1.20. The van der Waals surface area contributed by atoms with Crippen molar-refractivity contribution < 1.29 is 23.6 Å². The number of ether oxygens (including phenoxy) is 1. The van der Waals surface area contributed by atoms with E-state index in [0.29, 0.717) is 11.6 Å². The van der Waals surface area contributed by atoms with Crippen molar-refractivity contribution in [1.82, 2.24) is 4.90 Å². The minimum absolute atomic E-state index is 0.141. The van der Waals surface area contributed by atoms with E-state index in [9.17, 15) is 18.9 Å². The van der Waals surface area contributed by atoms with Crippen LogP contribution in [0, 0.1) is 12.8 Å². The van der Waals surface area contributed by atoms with E-state index in [-0.39, 0.29) is 42.2 Å². The van der Waals surface area contributed by atoms with Gasteiger partial charge in [-0.05, 0) is 68.4 Å². The number of carboxylic acids is 1. The zero-order valence-electron chi connectivity index (χ0n) is 25.7. The highest BCUT2D eigenvalue weighted by molar-refractivity contribution is 7.87. The lowest BCUT2D eigenvalue weighted by atomic mass is 9.97. The molecular formula is C35H43ClN2O5S. The number of carboxylic acid groups (broad SMARTS) is 1. The number of anilines is 1. The second-order valence-corrected chi connectivity index (χ2v) is 13.3. The van der Waals surface area contributed by atoms with Gasteiger partial charge < -0.3 is 14.7 Å². The molecule has 4 atom stereocenters. The van der Waals surface area contributed by atoms with E-state index in [1.807, 2.05) is 83.7 Å². The number of benzene rings is 3. The standard InChI is InChI=1S/C26H29ClN2O5S.C7H8.C2H6/c27-19-10-8-18(9-11-19)23-16-34-24(14-25(30)31)26(32)29(23)22(17-6-7-17)15-28(35(33)21-12-13-21)20-4-2-1-3-5-20;1-7-5-3-2-4-6-7;1-2/h1-5,8-11,17,21-24H,6-7,12-16H2,(H,30,31);2-6H,1H3;1-2H3. The minimum Gasteiger partial charge on any atom is -0.481 e. The zero-order chi connectivity index (χ0) is 31.6. The van der Waals surface area contributed by atoms with Crippen LogP contribution in [0.25, 0.3) is 0 Å². The Morgan fingerprint density at radius 2 is 1.57 bits per heavy atom. The summed E-state index contributed by atoms with van der Waals surface area (Å²) in [6.07, 6.45) is 2.42. The van der Waals surface area contributed by atoms with Crippen molar-refractivity contribution in [3.05, 3.63) is 101 Å². The molecule has 0 aromatic heterocycles. The third kappa shape index (κ3) is 9.16. The highest BCUT2D eigenvalue weighted by Gasteiger charge is 2.48. The lowest BCUT2D eigenvalue weighted by Gasteiger charge is -2.45. The molecule has 236 valence electrons. The Hall–Kier alpha value is -3.20. The number of nitrogens with zero attached hydrogens (tertiary/aromatic N) is 2. The molecule has 2 saturated carbocycles. The van der Waals surface area contributed by atoms with Gasteiger partial charge >= 0.3 is 5.97 Å². The molecule has 1 amide bonds. The van der Waals surface area contributed by atoms with E-state index >= 15 is 0 Å². The van der Waals surface area contributed by atoms with Crippen LogP contribution in [0.2, 0.25) is 5.02 Å². The Kier molecular flexibility index (Phi) is 12.4. The summed E-state index contributed by atoms with van der Waals surface area (Å²) in [5.41, 5.74) is 3.08. The molecule has 3 fully saturated rings. The number of hydrogen-bond donors (Lipinski definition) is 1. The van der Waals surface area contributed by atoms with Crippen LogP contribution in [0.5, 0.6) is 0 Å². The number of rotatable bonds is 10. The fourth-order valence-electron chi connectivity index (χ4n) is 5.30. The van der Waals surface area contributed by atoms with Gasteiger partial charge in [-0.1, -0.05) is 91.7 Å². The predicted octanol–water partition coefficient (Wildman–Crippen LogP) is 7.22. The number of carbonyl (C=O) groups excluding carboxylic acids is 1. The van der Waals surface area contributed by atoms with E-state index in [0.717, 1.165) is 36.9 Å². The second kappa shape index (κ2) is 16.2. The molecule has 1 saturated heterocycles. The second-order valence-electron chi connectivity index (χ2n) is 11.2. The molecule has 2 aliphatic carbocycles. The molecule has 0 spiro atoms. The van der Waals surface area contributed by atoms with Gasteiger partial charge in [0, 0.05) is 10.7 Å². The normalized spacial score (nSPS) is 20.7. The lowest BCUT2D eigenvalue weighted by molar-refractivity contribution is -0.169. The number of morpholine rings is 1. The summed E-state index contributed by atoms with van der Waals surface area (Å²) >= 11 is 6.11. The van der Waals surface area contributed by atoms with E-state index in [4.69, 9.17) is 16.3 Å². The fourth-order valence-corrected chi connectivity index (χ4v) is 6.95. The van der Waals surface area contributed by atoms with Crippen molar-refractivity contribution in [2.45, 2.75) is 76.3 Å². The van der Waals surface area contributed by atoms with Gasteiger partial charge in [-0.3, -0.25) is 13.9 Å². The summed E-state index contributed by atoms with van der Waals surface area (Å²) in [7, 11) is -1.20. The highest BCUT2D eigenvalue weighted by atomic mass is 35.5. The van der Waals surface area contributed by atoms with Crippen molar-refractivity contribution in [3.63, 3.8) is 0 Å². The number of para-hydroxylation sites is 1. The van der Waals surface area contributed by atoms with Crippen LogP contribution in [-0.4, -0.2) is 56.6 Å². The number of halogens is 1. The molecule has 4 unspecified atom stereocenters. The largest absolute Gasteiger partial charge is 0.481 e. The number of aryl methyl sites for hydroxylation is 1. The van der Waals surface area contributed by atoms with Crippen LogP contribution in [-0.2, 0) is 25.3 Å². The van der Waals surface area contributed by atoms with Crippen LogP contribution < -0.4 is 4.31 Å². The molecule has 3 aliphatic rings. The Bertz CT molecular complexity index is 1370. The van der Waals surface area contributed by atoms with Crippen molar-refractivity contribution in [2.75, 3.05) is 17.5 Å². The molecule has 44 heavy (non-hydrogen) atoms. The number of hydrogen-bond acceptors (Lipinski definition) is 4. The van der Waals surface area contributed by atoms with E-state index in [1.165, 1.54) is 5.56 Å². The quantitative estimate of drug-likeness (QED) is 0.253. The Morgan fingerprint density at radius 1 is 0.977 bits per heavy atom. The molecule has 0 radical (unpaired) electrons. The van der Waals surface area contributed by atoms with Crippen molar-refractivity contribution >= 4 is 40.2 Å². The summed E-state index contributed by atoms with van der Waals surface area (Å²) < 4.78 is 21.2. The van der Waals surface area contributed by atoms with Gasteiger partial charge in [0.1, 0.15) is 17.1 Å². The van der Waals surface area contributed by atoms with Gasteiger partial charge in [0.2, 0.25) is 0 Å². The molecule has 6 rings (SSSR count). The SMILES string of the molecule is CC.Cc1ccccc1.O=C(O)CC1OCC(c2ccc(Cl)cc2)N(C(CN(c2ccccc2)S(=O)C2CC2)C2CC2)C1=O. The first-order valence-corrected chi connectivity index (χ1v) is 17.0. The van der Waals surface area contributed by atoms with Crippen molar-refractivity contribution in [3.8, 4) is 0 Å². The first-order valence-electron chi connectivity index (χ1n) is 15.5. The summed E-state index contributed by atoms with van der Waals surface area (Å²) in [5.74, 6) is -1.13. The van der Waals surface area contributed by atoms with Gasteiger partial charge in [-0.15, -0.1) is 0 Å². The van der Waals surface area contributed by atoms with Crippen LogP contribution in [0.3, 0.4) is 0 Å². The first kappa shape index (κ1) is 33.7. The van der Waals surface area contributed by atoms with E-state index in [1.54, 1.807) is 12.1 Å². The molecule has 3 aromatic rings. The summed E-state index contributed by atoms with van der Waals surface area (Å²) in [5, 5.41) is 10.1. The predicted molar refractivity (Wildman–Crippen MR) is 177 cm³/mol. The maximum absolute atomic E-state index is 13.7. The average Bonchev–Trinajstić information content (AvgIpc) is 3.96. The molecule has 7 nitrogen and oxygen atoms in total. The molecule has 1 N–H and O–H groups in total. The molecule has 9 heteroatoms. The average molecular weight is 639 g/mol. The molecule has 1 aliphatic heterocycles. The fraction of sp³-hybridized carbons (Fsp3) is 0.429. The molecule has 3 aromatic carbocycles. The van der Waals surface area contributed by atoms with Crippen LogP contribution in [0.15, 0.2) is 84.9 Å². The van der Waals surface area contributed by atoms with Crippen molar-refractivity contribution in [1.29, 1.82) is 0 Å². The van der Waals surface area contributed by atoms with Gasteiger partial charge in [0.05, 0.1) is 36.9 Å². The summed E-state index contributed by atoms with van der Waals surface area (Å²) in [6.45, 7) is 6.71. The monoisotopic (exact) mass is 638 g/mol. The third-order valence-corrected chi connectivity index (χ3v) is 9.91. The van der Waals surface area contributed by atoms with Gasteiger partial charge in [-0.25, -0.2) is 4.21 Å². The highest BCUT2D eigenvalue weighted by Crippen LogP contribution is 2.42. The number of aliphatic carboxylic acids is 1. The first-order chi connectivity index (χ1) is 21.3. The Morgan fingerprint density at radius 3 is 2.07 bits per heavy atom. The summed E-state index contributed by atoms with van der Waals surface area (Å²) in [6, 6.07) is 26.7. The molecule has 1 heterocycles. The smallest absolute Gasteiger partial charge is 0.306 e. The van der Waals surface area contributed by atoms with Crippen LogP contribution >= 0.6 is 11.6 Å². The molecule has 0 bridgehead atoms. The van der Waals surface area contributed by atoms with Gasteiger partial charge in [0.25, 0.3) is 5.91 Å². The van der Waals surface area contributed by atoms with Gasteiger partial charge in [0.15, 0.2) is 0 Å². The number of carbonyl (C=O) groups is 2. The van der Waals surface area contributed by atoms with E-state index < -0.39 is 23.1 Å². The van der Waals surface area contributed by atoms with Crippen LogP contribution in [0.4, 0.5) is 5.69 Å². The van der Waals surface area contributed by atoms with Crippen LogP contribution in [0.1, 0.15) is 63.1 Å². The van der Waals surface area contributed by atoms with Crippen molar-refractivity contribution in [2.24, 2.45) is 5.92 Å². The zero-order valence-corrected chi connectivity index (χ0v) is 27.3. The Balaban J connectivity index is 0.000000427. The van der Waals surface area contributed by atoms with E-state index in [2.05, 4.69) is 19.1 Å². The maximum Gasteiger partial charge on any atom is 0.306 e. The lowest BCUT2D eigenvalue weighted by Crippen LogP contribution is -2.58. The topological polar surface area (TPSA) is 87.2 Å². The Labute approximate surface area is 268 Å². The maximum atomic E-state index is 13.7. The molecular weight excluding hydrogens is 596 g/mol. The van der Waals surface area contributed by atoms with Gasteiger partial charge in [-0.2, -0.15) is 0 Å². The number of amides is 1.